The molecule has 8 nitrogen and oxygen atoms in total. The fraction of sp³-hybridized carbons (Fsp3) is 0.500. The molecule has 0 saturated heterocycles. The standard InChI is InChI=1S/C22H29N5O3/c1-25-20-18(21(29)26(2)22(25)30)27(19(24-20)15-9-5-3-6-10-15)14-17(28)13-23-16-11-7-4-8-12-16/h3,5-6,9-10,16-17,23,28H,4,7-8,11-14H2,1-2H3/t17-/m0/s1. The van der Waals surface area contributed by atoms with Gasteiger partial charge in [-0.05, 0) is 12.8 Å². The van der Waals surface area contributed by atoms with Gasteiger partial charge >= 0.3 is 5.69 Å². The van der Waals surface area contributed by atoms with Crippen LogP contribution in [0.1, 0.15) is 32.1 Å². The lowest BCUT2D eigenvalue weighted by Gasteiger charge is -2.24. The fourth-order valence-corrected chi connectivity index (χ4v) is 4.32. The number of nitrogens with zero attached hydrogens (tertiary/aromatic N) is 4. The average Bonchev–Trinajstić information content (AvgIpc) is 3.15. The van der Waals surface area contributed by atoms with Crippen LogP contribution in [0.2, 0.25) is 0 Å². The van der Waals surface area contributed by atoms with E-state index < -0.39 is 17.4 Å². The summed E-state index contributed by atoms with van der Waals surface area (Å²) < 4.78 is 4.22. The molecule has 0 aliphatic heterocycles. The molecule has 0 amide bonds. The monoisotopic (exact) mass is 411 g/mol. The first-order chi connectivity index (χ1) is 14.5. The normalized spacial score (nSPS) is 16.2. The van der Waals surface area contributed by atoms with Crippen molar-refractivity contribution in [2.24, 2.45) is 14.1 Å². The van der Waals surface area contributed by atoms with E-state index in [-0.39, 0.29) is 6.54 Å². The lowest BCUT2D eigenvalue weighted by molar-refractivity contribution is 0.146. The first kappa shape index (κ1) is 20.6. The summed E-state index contributed by atoms with van der Waals surface area (Å²) in [6, 6.07) is 9.97. The van der Waals surface area contributed by atoms with Gasteiger partial charge in [0.2, 0.25) is 0 Å². The number of aromatic nitrogens is 4. The van der Waals surface area contributed by atoms with Gasteiger partial charge in [0.05, 0.1) is 12.6 Å². The lowest BCUT2D eigenvalue weighted by atomic mass is 9.95. The van der Waals surface area contributed by atoms with E-state index >= 15 is 0 Å². The van der Waals surface area contributed by atoms with Crippen molar-refractivity contribution in [3.63, 3.8) is 0 Å². The third kappa shape index (κ3) is 3.85. The minimum atomic E-state index is -0.686. The first-order valence-electron chi connectivity index (χ1n) is 10.6. The Labute approximate surface area is 174 Å². The summed E-state index contributed by atoms with van der Waals surface area (Å²) in [6.07, 6.45) is 5.32. The highest BCUT2D eigenvalue weighted by atomic mass is 16.3. The van der Waals surface area contributed by atoms with E-state index in [1.165, 1.54) is 30.9 Å². The van der Waals surface area contributed by atoms with Gasteiger partial charge < -0.3 is 15.0 Å². The Hall–Kier alpha value is -2.71. The quantitative estimate of drug-likeness (QED) is 0.639. The SMILES string of the molecule is Cn1c(=O)c2c(nc(-c3ccccc3)n2C[C@@H](O)CNC2CCCCC2)n(C)c1=O. The number of fused-ring (bicyclic) bond motifs is 1. The topological polar surface area (TPSA) is 94.1 Å². The summed E-state index contributed by atoms with van der Waals surface area (Å²) >= 11 is 0. The summed E-state index contributed by atoms with van der Waals surface area (Å²) in [4.78, 5) is 30.0. The number of aliphatic hydroxyl groups is 1. The first-order valence-corrected chi connectivity index (χ1v) is 10.6. The van der Waals surface area contributed by atoms with Crippen molar-refractivity contribution in [1.29, 1.82) is 0 Å². The van der Waals surface area contributed by atoms with Gasteiger partial charge in [0, 0.05) is 32.2 Å². The van der Waals surface area contributed by atoms with Crippen LogP contribution in [0.5, 0.6) is 0 Å². The largest absolute Gasteiger partial charge is 0.390 e. The second kappa shape index (κ2) is 8.57. The molecule has 1 saturated carbocycles. The van der Waals surface area contributed by atoms with Crippen LogP contribution >= 0.6 is 0 Å². The molecule has 1 aliphatic rings. The molecule has 1 atom stereocenters. The number of imidazole rings is 1. The van der Waals surface area contributed by atoms with Gasteiger partial charge in [0.25, 0.3) is 5.56 Å². The van der Waals surface area contributed by atoms with Crippen molar-refractivity contribution in [2.45, 2.75) is 50.8 Å². The van der Waals surface area contributed by atoms with Crippen molar-refractivity contribution >= 4 is 11.2 Å². The van der Waals surface area contributed by atoms with E-state index in [9.17, 15) is 14.7 Å². The van der Waals surface area contributed by atoms with Gasteiger partial charge in [-0.3, -0.25) is 13.9 Å². The van der Waals surface area contributed by atoms with Crippen molar-refractivity contribution in [3.05, 3.63) is 51.2 Å². The van der Waals surface area contributed by atoms with Crippen LogP contribution in [-0.2, 0) is 20.6 Å². The Balaban J connectivity index is 1.73. The predicted molar refractivity (Wildman–Crippen MR) is 117 cm³/mol. The Morgan fingerprint density at radius 1 is 1.10 bits per heavy atom. The number of aliphatic hydroxyl groups excluding tert-OH is 1. The van der Waals surface area contributed by atoms with Crippen molar-refractivity contribution in [2.75, 3.05) is 6.54 Å². The van der Waals surface area contributed by atoms with Crippen molar-refractivity contribution in [3.8, 4) is 11.4 Å². The summed E-state index contributed by atoms with van der Waals surface area (Å²) in [5.74, 6) is 0.570. The number of hydrogen-bond acceptors (Lipinski definition) is 5. The minimum Gasteiger partial charge on any atom is -0.390 e. The molecule has 0 spiro atoms. The van der Waals surface area contributed by atoms with E-state index in [1.54, 1.807) is 11.6 Å². The maximum atomic E-state index is 12.9. The zero-order chi connectivity index (χ0) is 21.3. The maximum Gasteiger partial charge on any atom is 0.332 e. The third-order valence-electron chi connectivity index (χ3n) is 6.02. The Bertz CT molecular complexity index is 1140. The van der Waals surface area contributed by atoms with E-state index in [1.807, 2.05) is 30.3 Å². The van der Waals surface area contributed by atoms with Crippen LogP contribution in [0, 0.1) is 0 Å². The summed E-state index contributed by atoms with van der Waals surface area (Å²) in [5.41, 5.74) is 0.659. The third-order valence-corrected chi connectivity index (χ3v) is 6.02. The highest BCUT2D eigenvalue weighted by Crippen LogP contribution is 2.23. The van der Waals surface area contributed by atoms with Gasteiger partial charge in [-0.25, -0.2) is 9.78 Å². The smallest absolute Gasteiger partial charge is 0.332 e. The zero-order valence-corrected chi connectivity index (χ0v) is 17.5. The number of hydrogen-bond donors (Lipinski definition) is 2. The molecule has 2 aromatic heterocycles. The van der Waals surface area contributed by atoms with Crippen LogP contribution in [0.4, 0.5) is 0 Å². The molecular weight excluding hydrogens is 382 g/mol. The molecule has 0 radical (unpaired) electrons. The van der Waals surface area contributed by atoms with Gasteiger partial charge in [0.15, 0.2) is 11.2 Å². The molecule has 8 heteroatoms. The van der Waals surface area contributed by atoms with Gasteiger partial charge in [-0.15, -0.1) is 0 Å². The Morgan fingerprint density at radius 2 is 1.80 bits per heavy atom. The van der Waals surface area contributed by atoms with Gasteiger partial charge in [0.1, 0.15) is 5.82 Å². The second-order valence-corrected chi connectivity index (χ2v) is 8.19. The summed E-state index contributed by atoms with van der Waals surface area (Å²) in [5, 5.41) is 14.2. The molecule has 1 aromatic carbocycles. The number of benzene rings is 1. The molecule has 2 heterocycles. The van der Waals surface area contributed by atoms with E-state index in [0.717, 1.165) is 23.0 Å². The second-order valence-electron chi connectivity index (χ2n) is 8.19. The maximum absolute atomic E-state index is 12.9. The number of rotatable bonds is 6. The number of aryl methyl sites for hydroxylation is 1. The molecule has 30 heavy (non-hydrogen) atoms. The summed E-state index contributed by atoms with van der Waals surface area (Å²) in [7, 11) is 3.07. The minimum absolute atomic E-state index is 0.216. The van der Waals surface area contributed by atoms with Crippen LogP contribution in [0.15, 0.2) is 39.9 Å². The highest BCUT2D eigenvalue weighted by Gasteiger charge is 2.22. The van der Waals surface area contributed by atoms with E-state index in [2.05, 4.69) is 10.3 Å². The molecule has 4 rings (SSSR count). The van der Waals surface area contributed by atoms with Crippen molar-refractivity contribution < 1.29 is 5.11 Å². The van der Waals surface area contributed by atoms with Crippen LogP contribution in [-0.4, -0.2) is 42.5 Å². The Morgan fingerprint density at radius 3 is 2.50 bits per heavy atom. The molecule has 1 fully saturated rings. The van der Waals surface area contributed by atoms with Gasteiger partial charge in [-0.2, -0.15) is 0 Å². The van der Waals surface area contributed by atoms with Crippen LogP contribution < -0.4 is 16.6 Å². The molecule has 1 aliphatic carbocycles. The van der Waals surface area contributed by atoms with E-state index in [0.29, 0.717) is 29.6 Å². The predicted octanol–water partition coefficient (Wildman–Crippen LogP) is 1.38. The lowest BCUT2D eigenvalue weighted by Crippen LogP contribution is -2.40. The van der Waals surface area contributed by atoms with Gasteiger partial charge in [-0.1, -0.05) is 49.6 Å². The van der Waals surface area contributed by atoms with E-state index in [4.69, 9.17) is 0 Å². The van der Waals surface area contributed by atoms with Crippen molar-refractivity contribution in [1.82, 2.24) is 24.0 Å². The summed E-state index contributed by atoms with van der Waals surface area (Å²) in [6.45, 7) is 0.665. The van der Waals surface area contributed by atoms with Crippen LogP contribution in [0.3, 0.4) is 0 Å². The molecule has 160 valence electrons. The number of nitrogens with one attached hydrogen (secondary N) is 1. The molecular formula is C22H29N5O3. The molecule has 3 aromatic rings. The van der Waals surface area contributed by atoms with Crippen LogP contribution in [0.25, 0.3) is 22.6 Å². The molecule has 2 N–H and O–H groups in total. The average molecular weight is 412 g/mol. The fourth-order valence-electron chi connectivity index (χ4n) is 4.32. The Kier molecular flexibility index (Phi) is 5.87. The molecule has 0 bridgehead atoms. The zero-order valence-electron chi connectivity index (χ0n) is 17.5. The molecule has 0 unspecified atom stereocenters. The highest BCUT2D eigenvalue weighted by molar-refractivity contribution is 5.77.